The Morgan fingerprint density at radius 1 is 1.50 bits per heavy atom. The monoisotopic (exact) mass is 225 g/mol. The lowest BCUT2D eigenvalue weighted by Gasteiger charge is -2.26. The summed E-state index contributed by atoms with van der Waals surface area (Å²) in [4.78, 5) is 0. The molecule has 1 aliphatic rings. The Labute approximate surface area is 64.9 Å². The van der Waals surface area contributed by atoms with Crippen LogP contribution >= 0.6 is 22.9 Å². The van der Waals surface area contributed by atoms with E-state index in [1.54, 1.807) is 0 Å². The molecule has 48 valence electrons. The van der Waals surface area contributed by atoms with Crippen LogP contribution in [0.2, 0.25) is 0 Å². The Balaban J connectivity index is 2.28. The summed E-state index contributed by atoms with van der Waals surface area (Å²) in [6.45, 7) is 3.59. The molecule has 0 amide bonds. The third-order valence-electron chi connectivity index (χ3n) is 1.72. The van der Waals surface area contributed by atoms with Gasteiger partial charge in [0.25, 0.3) is 0 Å². The fraction of sp³-hybridized carbons (Fsp3) is 1.00. The Morgan fingerprint density at radius 2 is 2.25 bits per heavy atom. The molecule has 2 heteroatoms. The van der Waals surface area contributed by atoms with E-state index < -0.39 is 0 Å². The first kappa shape index (κ1) is 6.81. The number of hydrogen-bond donors (Lipinski definition) is 0. The van der Waals surface area contributed by atoms with Crippen LogP contribution in [0.15, 0.2) is 0 Å². The molecule has 1 saturated heterocycles. The van der Waals surface area contributed by atoms with E-state index >= 15 is 0 Å². The topological polar surface area (TPSA) is 3.24 Å². The van der Waals surface area contributed by atoms with Gasteiger partial charge in [0.2, 0.25) is 0 Å². The molecule has 0 saturated carbocycles. The van der Waals surface area contributed by atoms with Crippen LogP contribution in [0.25, 0.3) is 0 Å². The van der Waals surface area contributed by atoms with Crippen molar-refractivity contribution in [2.45, 2.75) is 32.2 Å². The van der Waals surface area contributed by atoms with Crippen LogP contribution < -0.4 is 0 Å². The largest absolute Gasteiger partial charge is 0.245 e. The van der Waals surface area contributed by atoms with Crippen molar-refractivity contribution in [1.82, 2.24) is 3.11 Å². The Kier molecular flexibility index (Phi) is 2.56. The molecule has 0 bridgehead atoms. The molecule has 0 unspecified atom stereocenters. The van der Waals surface area contributed by atoms with Gasteiger partial charge < -0.3 is 0 Å². The van der Waals surface area contributed by atoms with Crippen molar-refractivity contribution in [2.75, 3.05) is 6.54 Å². The van der Waals surface area contributed by atoms with E-state index in [2.05, 4.69) is 32.9 Å². The maximum absolute atomic E-state index is 2.42. The van der Waals surface area contributed by atoms with Gasteiger partial charge in [0.15, 0.2) is 0 Å². The second-order valence-electron chi connectivity index (χ2n) is 2.47. The minimum atomic E-state index is 0.823. The fourth-order valence-electron chi connectivity index (χ4n) is 1.06. The normalized spacial score (nSPS) is 33.0. The van der Waals surface area contributed by atoms with Crippen molar-refractivity contribution in [3.05, 3.63) is 0 Å². The van der Waals surface area contributed by atoms with E-state index in [1.165, 1.54) is 25.8 Å². The van der Waals surface area contributed by atoms with Crippen LogP contribution in [-0.4, -0.2) is 15.7 Å². The molecule has 1 nitrogen and oxygen atoms in total. The zero-order valence-electron chi connectivity index (χ0n) is 5.23. The van der Waals surface area contributed by atoms with Crippen LogP contribution in [-0.2, 0) is 0 Å². The van der Waals surface area contributed by atoms with Gasteiger partial charge in [-0.05, 0) is 19.8 Å². The maximum Gasteiger partial charge on any atom is 0.0204 e. The molecular formula is C6H12IN. The van der Waals surface area contributed by atoms with Crippen LogP contribution in [0, 0.1) is 0 Å². The molecule has 8 heavy (non-hydrogen) atoms. The first-order chi connectivity index (χ1) is 3.80. The van der Waals surface area contributed by atoms with Gasteiger partial charge >= 0.3 is 0 Å². The van der Waals surface area contributed by atoms with Crippen molar-refractivity contribution in [2.24, 2.45) is 0 Å². The van der Waals surface area contributed by atoms with Gasteiger partial charge in [-0.1, -0.05) is 6.42 Å². The molecule has 1 heterocycles. The smallest absolute Gasteiger partial charge is 0.0204 e. The summed E-state index contributed by atoms with van der Waals surface area (Å²) in [5.74, 6) is 0. The third-order valence-corrected chi connectivity index (χ3v) is 3.16. The highest BCUT2D eigenvalue weighted by molar-refractivity contribution is 14.1. The maximum atomic E-state index is 2.42. The van der Waals surface area contributed by atoms with Crippen LogP contribution in [0.1, 0.15) is 26.2 Å². The molecule has 1 atom stereocenters. The van der Waals surface area contributed by atoms with Crippen molar-refractivity contribution in [3.63, 3.8) is 0 Å². The van der Waals surface area contributed by atoms with Crippen molar-refractivity contribution in [3.8, 4) is 0 Å². The van der Waals surface area contributed by atoms with Gasteiger partial charge in [-0.15, -0.1) is 0 Å². The van der Waals surface area contributed by atoms with E-state index in [1.807, 2.05) is 0 Å². The average molecular weight is 225 g/mol. The second kappa shape index (κ2) is 3.01. The molecule has 0 radical (unpaired) electrons. The molecule has 1 fully saturated rings. The lowest BCUT2D eigenvalue weighted by molar-refractivity contribution is 0.317. The van der Waals surface area contributed by atoms with E-state index in [-0.39, 0.29) is 0 Å². The standard InChI is InChI=1S/C6H12IN/c1-6-4-2-3-5-8(6)7/h6H,2-5H2,1H3/t6-/m1/s1. The molecule has 0 aromatic carbocycles. The van der Waals surface area contributed by atoms with E-state index in [0.29, 0.717) is 0 Å². The Bertz CT molecular complexity index is 64.9. The summed E-state index contributed by atoms with van der Waals surface area (Å²) in [6, 6.07) is 0.823. The number of hydrogen-bond acceptors (Lipinski definition) is 1. The summed E-state index contributed by atoms with van der Waals surface area (Å²) in [6.07, 6.45) is 4.22. The molecule has 0 aromatic rings. The highest BCUT2D eigenvalue weighted by Crippen LogP contribution is 2.19. The summed E-state index contributed by atoms with van der Waals surface area (Å²) < 4.78 is 2.40. The van der Waals surface area contributed by atoms with Crippen LogP contribution in [0.4, 0.5) is 0 Å². The quantitative estimate of drug-likeness (QED) is 0.451. The number of nitrogens with zero attached hydrogens (tertiary/aromatic N) is 1. The van der Waals surface area contributed by atoms with E-state index in [4.69, 9.17) is 0 Å². The molecule has 0 spiro atoms. The summed E-state index contributed by atoms with van der Waals surface area (Å²) in [5.41, 5.74) is 0. The number of piperidine rings is 1. The van der Waals surface area contributed by atoms with Crippen molar-refractivity contribution < 1.29 is 0 Å². The highest BCUT2D eigenvalue weighted by atomic mass is 127. The molecule has 1 aliphatic heterocycles. The van der Waals surface area contributed by atoms with Crippen LogP contribution in [0.5, 0.6) is 0 Å². The Hall–Kier alpha value is 0.690. The lowest BCUT2D eigenvalue weighted by atomic mass is 10.1. The number of rotatable bonds is 0. The molecular weight excluding hydrogens is 213 g/mol. The van der Waals surface area contributed by atoms with Crippen molar-refractivity contribution in [1.29, 1.82) is 0 Å². The highest BCUT2D eigenvalue weighted by Gasteiger charge is 2.13. The van der Waals surface area contributed by atoms with Crippen LogP contribution in [0.3, 0.4) is 0 Å². The Morgan fingerprint density at radius 3 is 2.62 bits per heavy atom. The first-order valence-electron chi connectivity index (χ1n) is 3.23. The SMILES string of the molecule is C[C@@H]1CCCCN1I. The lowest BCUT2D eigenvalue weighted by Crippen LogP contribution is -2.28. The minimum absolute atomic E-state index is 0.823. The van der Waals surface area contributed by atoms with Gasteiger partial charge in [-0.2, -0.15) is 0 Å². The fourth-order valence-corrected chi connectivity index (χ4v) is 1.68. The number of halogens is 1. The molecule has 0 N–H and O–H groups in total. The summed E-state index contributed by atoms with van der Waals surface area (Å²) in [7, 11) is 0. The van der Waals surface area contributed by atoms with Crippen molar-refractivity contribution >= 4 is 22.9 Å². The molecule has 1 rings (SSSR count). The minimum Gasteiger partial charge on any atom is -0.245 e. The zero-order chi connectivity index (χ0) is 5.98. The van der Waals surface area contributed by atoms with Gasteiger partial charge in [0.1, 0.15) is 0 Å². The molecule has 0 aliphatic carbocycles. The summed E-state index contributed by atoms with van der Waals surface area (Å²) >= 11 is 2.42. The average Bonchev–Trinajstić information content (AvgIpc) is 1.77. The third kappa shape index (κ3) is 1.58. The summed E-state index contributed by atoms with van der Waals surface area (Å²) in [5, 5.41) is 0. The first-order valence-corrected chi connectivity index (χ1v) is 4.19. The van der Waals surface area contributed by atoms with Gasteiger partial charge in [0.05, 0.1) is 0 Å². The molecule has 0 aromatic heterocycles. The predicted octanol–water partition coefficient (Wildman–Crippen LogP) is 2.21. The second-order valence-corrected chi connectivity index (χ2v) is 3.71. The van der Waals surface area contributed by atoms with E-state index in [9.17, 15) is 0 Å². The zero-order valence-corrected chi connectivity index (χ0v) is 7.39. The van der Waals surface area contributed by atoms with Gasteiger partial charge in [-0.25, -0.2) is 3.11 Å². The predicted molar refractivity (Wildman–Crippen MR) is 44.0 cm³/mol. The van der Waals surface area contributed by atoms with Gasteiger partial charge in [0, 0.05) is 35.5 Å². The van der Waals surface area contributed by atoms with E-state index in [0.717, 1.165) is 6.04 Å². The van der Waals surface area contributed by atoms with Gasteiger partial charge in [-0.3, -0.25) is 0 Å².